The number of aromatic nitrogens is 2. The highest BCUT2D eigenvalue weighted by atomic mass is 32.2. The molecule has 1 aromatic heterocycles. The fourth-order valence-electron chi connectivity index (χ4n) is 1.85. The first-order valence-corrected chi connectivity index (χ1v) is 7.92. The second-order valence-corrected chi connectivity index (χ2v) is 5.72. The van der Waals surface area contributed by atoms with Gasteiger partial charge in [-0.3, -0.25) is 0 Å². The van der Waals surface area contributed by atoms with E-state index in [4.69, 9.17) is 9.15 Å². The van der Waals surface area contributed by atoms with E-state index in [2.05, 4.69) is 10.2 Å². The highest BCUT2D eigenvalue weighted by molar-refractivity contribution is 7.99. The molecule has 6 heteroatoms. The molecule has 0 bridgehead atoms. The molecule has 0 amide bonds. The van der Waals surface area contributed by atoms with Crippen LogP contribution >= 0.6 is 11.8 Å². The number of para-hydroxylation sites is 1. The topological polar surface area (TPSA) is 68.4 Å². The molecule has 0 aliphatic carbocycles. The van der Waals surface area contributed by atoms with Gasteiger partial charge in [-0.15, -0.1) is 10.2 Å². The molecule has 0 aliphatic rings. The van der Waals surface area contributed by atoms with Crippen LogP contribution in [0.15, 0.2) is 33.9 Å². The normalized spacial score (nSPS) is 11.6. The average molecular weight is 308 g/mol. The van der Waals surface area contributed by atoms with Crippen LogP contribution in [0.3, 0.4) is 0 Å². The molecule has 2 rings (SSSR count). The van der Waals surface area contributed by atoms with Gasteiger partial charge in [0.15, 0.2) is 0 Å². The average Bonchev–Trinajstić information content (AvgIpc) is 3.01. The van der Waals surface area contributed by atoms with Crippen molar-refractivity contribution in [1.82, 2.24) is 10.2 Å². The zero-order chi connectivity index (χ0) is 15.3. The highest BCUT2D eigenvalue weighted by Gasteiger charge is 2.24. The Labute approximate surface area is 128 Å². The first kappa shape index (κ1) is 15.9. The second kappa shape index (κ2) is 6.95. The van der Waals surface area contributed by atoms with Crippen LogP contribution in [0.1, 0.15) is 26.7 Å². The molecule has 114 valence electrons. The summed E-state index contributed by atoms with van der Waals surface area (Å²) in [5, 5.41) is 18.8. The molecule has 1 N–H and O–H groups in total. The maximum atomic E-state index is 10.3. The summed E-state index contributed by atoms with van der Waals surface area (Å²) in [5.41, 5.74) is 0.0737. The summed E-state index contributed by atoms with van der Waals surface area (Å²) in [6, 6.07) is 7.49. The summed E-state index contributed by atoms with van der Waals surface area (Å²) < 4.78 is 10.9. The van der Waals surface area contributed by atoms with E-state index >= 15 is 0 Å². The van der Waals surface area contributed by atoms with Crippen molar-refractivity contribution in [3.05, 3.63) is 24.3 Å². The summed E-state index contributed by atoms with van der Waals surface area (Å²) >= 11 is 1.37. The lowest BCUT2D eigenvalue weighted by atomic mass is 10.0. The minimum atomic E-state index is -0.691. The van der Waals surface area contributed by atoms with Gasteiger partial charge in [0.25, 0.3) is 11.1 Å². The van der Waals surface area contributed by atoms with Crippen molar-refractivity contribution in [1.29, 1.82) is 0 Å². The summed E-state index contributed by atoms with van der Waals surface area (Å²) in [4.78, 5) is 0. The van der Waals surface area contributed by atoms with Crippen LogP contribution in [0.4, 0.5) is 0 Å². The fourth-order valence-corrected chi connectivity index (χ4v) is 2.89. The van der Waals surface area contributed by atoms with E-state index in [-0.39, 0.29) is 0 Å². The molecule has 2 aromatic rings. The number of thioether (sulfide) groups is 1. The number of nitrogens with zero attached hydrogens (tertiary/aromatic N) is 2. The van der Waals surface area contributed by atoms with Crippen molar-refractivity contribution in [2.75, 3.05) is 12.9 Å². The predicted molar refractivity (Wildman–Crippen MR) is 82.5 cm³/mol. The van der Waals surface area contributed by atoms with E-state index in [0.717, 1.165) is 5.56 Å². The second-order valence-electron chi connectivity index (χ2n) is 4.79. The molecular weight excluding hydrogens is 288 g/mol. The van der Waals surface area contributed by atoms with Crippen molar-refractivity contribution in [2.45, 2.75) is 37.5 Å². The summed E-state index contributed by atoms with van der Waals surface area (Å²) in [6.45, 7) is 3.94. The van der Waals surface area contributed by atoms with E-state index in [1.54, 1.807) is 7.11 Å². The zero-order valence-corrected chi connectivity index (χ0v) is 13.3. The number of hydrogen-bond donors (Lipinski definition) is 1. The van der Waals surface area contributed by atoms with E-state index in [1.165, 1.54) is 11.8 Å². The SMILES string of the molecule is CCC(O)(CC)CSc1nnc(-c2ccccc2OC)o1. The molecule has 0 saturated carbocycles. The Hall–Kier alpha value is -1.53. The van der Waals surface area contributed by atoms with Gasteiger partial charge in [0.1, 0.15) is 5.75 Å². The van der Waals surface area contributed by atoms with Crippen LogP contribution in [-0.4, -0.2) is 33.8 Å². The minimum absolute atomic E-state index is 0.423. The van der Waals surface area contributed by atoms with E-state index in [9.17, 15) is 5.11 Å². The molecule has 0 aliphatic heterocycles. The third-order valence-corrected chi connectivity index (χ3v) is 4.62. The molecule has 1 aromatic carbocycles. The summed E-state index contributed by atoms with van der Waals surface area (Å²) in [6.07, 6.45) is 1.40. The maximum Gasteiger partial charge on any atom is 0.276 e. The molecule has 5 nitrogen and oxygen atoms in total. The van der Waals surface area contributed by atoms with Gasteiger partial charge in [-0.1, -0.05) is 37.7 Å². The van der Waals surface area contributed by atoms with E-state index in [0.29, 0.717) is 35.5 Å². The molecule has 0 saturated heterocycles. The number of benzene rings is 1. The number of methoxy groups -OCH3 is 1. The molecule has 0 fully saturated rings. The third kappa shape index (κ3) is 3.77. The Morgan fingerprint density at radius 2 is 1.95 bits per heavy atom. The number of ether oxygens (including phenoxy) is 1. The molecule has 0 radical (unpaired) electrons. The summed E-state index contributed by atoms with van der Waals surface area (Å²) in [5.74, 6) is 1.65. The van der Waals surface area contributed by atoms with Gasteiger partial charge in [0, 0.05) is 5.75 Å². The van der Waals surface area contributed by atoms with Gasteiger partial charge in [-0.2, -0.15) is 0 Å². The monoisotopic (exact) mass is 308 g/mol. The van der Waals surface area contributed by atoms with Gasteiger partial charge in [0.05, 0.1) is 18.3 Å². The van der Waals surface area contributed by atoms with Crippen LogP contribution in [-0.2, 0) is 0 Å². The minimum Gasteiger partial charge on any atom is -0.496 e. The number of hydrogen-bond acceptors (Lipinski definition) is 6. The van der Waals surface area contributed by atoms with Crippen molar-refractivity contribution in [3.63, 3.8) is 0 Å². The van der Waals surface area contributed by atoms with Crippen LogP contribution < -0.4 is 4.74 Å². The van der Waals surface area contributed by atoms with Crippen LogP contribution in [0.25, 0.3) is 11.5 Å². The number of aliphatic hydroxyl groups is 1. The van der Waals surface area contributed by atoms with E-state index in [1.807, 2.05) is 38.1 Å². The first-order valence-electron chi connectivity index (χ1n) is 6.94. The smallest absolute Gasteiger partial charge is 0.276 e. The lowest BCUT2D eigenvalue weighted by Crippen LogP contribution is -2.29. The molecule has 0 atom stereocenters. The fraction of sp³-hybridized carbons (Fsp3) is 0.467. The molecule has 0 unspecified atom stereocenters. The van der Waals surface area contributed by atoms with Crippen molar-refractivity contribution >= 4 is 11.8 Å². The first-order chi connectivity index (χ1) is 10.1. The number of rotatable bonds is 7. The molecule has 21 heavy (non-hydrogen) atoms. The standard InChI is InChI=1S/C15H20N2O3S/c1-4-15(18,5-2)10-21-14-17-16-13(20-14)11-8-6-7-9-12(11)19-3/h6-9,18H,4-5,10H2,1-3H3. The Morgan fingerprint density at radius 1 is 1.24 bits per heavy atom. The molecular formula is C15H20N2O3S. The lowest BCUT2D eigenvalue weighted by molar-refractivity contribution is 0.0570. The van der Waals surface area contributed by atoms with Gasteiger partial charge < -0.3 is 14.3 Å². The van der Waals surface area contributed by atoms with Gasteiger partial charge >= 0.3 is 0 Å². The Morgan fingerprint density at radius 3 is 2.62 bits per heavy atom. The Balaban J connectivity index is 2.11. The highest BCUT2D eigenvalue weighted by Crippen LogP contribution is 2.32. The lowest BCUT2D eigenvalue weighted by Gasteiger charge is -2.23. The largest absolute Gasteiger partial charge is 0.496 e. The van der Waals surface area contributed by atoms with E-state index < -0.39 is 5.60 Å². The Bertz CT molecular complexity index is 582. The van der Waals surface area contributed by atoms with Gasteiger partial charge in [0.2, 0.25) is 0 Å². The Kier molecular flexibility index (Phi) is 5.25. The van der Waals surface area contributed by atoms with Crippen molar-refractivity contribution < 1.29 is 14.3 Å². The van der Waals surface area contributed by atoms with Gasteiger partial charge in [-0.25, -0.2) is 0 Å². The quantitative estimate of drug-likeness (QED) is 0.791. The predicted octanol–water partition coefficient (Wildman–Crippen LogP) is 3.39. The van der Waals surface area contributed by atoms with Crippen LogP contribution in [0.2, 0.25) is 0 Å². The van der Waals surface area contributed by atoms with Gasteiger partial charge in [-0.05, 0) is 25.0 Å². The maximum absolute atomic E-state index is 10.3. The van der Waals surface area contributed by atoms with Crippen molar-refractivity contribution in [3.8, 4) is 17.2 Å². The third-order valence-electron chi connectivity index (χ3n) is 3.52. The van der Waals surface area contributed by atoms with Crippen LogP contribution in [0.5, 0.6) is 5.75 Å². The zero-order valence-electron chi connectivity index (χ0n) is 12.5. The molecule has 0 spiro atoms. The van der Waals surface area contributed by atoms with Crippen molar-refractivity contribution in [2.24, 2.45) is 0 Å². The van der Waals surface area contributed by atoms with Crippen LogP contribution in [0, 0.1) is 0 Å². The summed E-state index contributed by atoms with van der Waals surface area (Å²) in [7, 11) is 1.60. The molecule has 1 heterocycles.